The summed E-state index contributed by atoms with van der Waals surface area (Å²) in [6.07, 6.45) is 4.18. The Hall–Kier alpha value is -1.28. The van der Waals surface area contributed by atoms with Gasteiger partial charge in [0.2, 0.25) is 0 Å². The summed E-state index contributed by atoms with van der Waals surface area (Å²) in [6.45, 7) is 0.664. The van der Waals surface area contributed by atoms with Gasteiger partial charge in [0.1, 0.15) is 12.4 Å². The Morgan fingerprint density at radius 3 is 2.80 bits per heavy atom. The van der Waals surface area contributed by atoms with Gasteiger partial charge in [0.15, 0.2) is 0 Å². The molecule has 2 aromatic carbocycles. The molecule has 0 spiro atoms. The normalized spacial score (nSPS) is 13.7. The van der Waals surface area contributed by atoms with Gasteiger partial charge in [0.25, 0.3) is 0 Å². The van der Waals surface area contributed by atoms with Crippen molar-refractivity contribution in [1.29, 1.82) is 0 Å². The highest BCUT2D eigenvalue weighted by Crippen LogP contribution is 2.36. The molecule has 2 aromatic rings. The van der Waals surface area contributed by atoms with E-state index in [1.165, 1.54) is 16.3 Å². The lowest BCUT2D eigenvalue weighted by Crippen LogP contribution is -2.00. The lowest BCUT2D eigenvalue weighted by atomic mass is 10.0. The molecule has 0 aliphatic carbocycles. The van der Waals surface area contributed by atoms with Crippen LogP contribution in [0.3, 0.4) is 0 Å². The summed E-state index contributed by atoms with van der Waals surface area (Å²) in [5.74, 6) is 0.961. The van der Waals surface area contributed by atoms with Gasteiger partial charge in [-0.3, -0.25) is 0 Å². The van der Waals surface area contributed by atoms with Gasteiger partial charge < -0.3 is 4.74 Å². The first-order valence-corrected chi connectivity index (χ1v) is 5.66. The molecule has 0 aromatic heterocycles. The van der Waals surface area contributed by atoms with E-state index in [0.29, 0.717) is 6.61 Å². The van der Waals surface area contributed by atoms with Crippen molar-refractivity contribution in [1.82, 2.24) is 0 Å². The first-order valence-electron chi connectivity index (χ1n) is 4.87. The second-order valence-electron chi connectivity index (χ2n) is 3.53. The average Bonchev–Trinajstić information content (AvgIpc) is 2.30. The molecule has 0 radical (unpaired) electrons. The molecule has 3 rings (SSSR count). The zero-order valence-corrected chi connectivity index (χ0v) is 9.62. The van der Waals surface area contributed by atoms with Gasteiger partial charge in [-0.05, 0) is 22.9 Å². The molecule has 0 amide bonds. The van der Waals surface area contributed by atoms with Crippen molar-refractivity contribution in [3.63, 3.8) is 0 Å². The molecule has 0 atom stereocenters. The maximum absolute atomic E-state index is 5.60. The van der Waals surface area contributed by atoms with Crippen molar-refractivity contribution in [2.45, 2.75) is 0 Å². The van der Waals surface area contributed by atoms with Crippen LogP contribution in [0.4, 0.5) is 0 Å². The van der Waals surface area contributed by atoms with Crippen LogP contribution in [0.1, 0.15) is 5.56 Å². The molecule has 0 unspecified atom stereocenters. The van der Waals surface area contributed by atoms with E-state index >= 15 is 0 Å². The van der Waals surface area contributed by atoms with E-state index in [-0.39, 0.29) is 0 Å². The first-order chi connectivity index (χ1) is 7.36. The predicted molar refractivity (Wildman–Crippen MR) is 66.2 cm³/mol. The number of benzene rings is 2. The summed E-state index contributed by atoms with van der Waals surface area (Å²) in [6, 6.07) is 10.4. The van der Waals surface area contributed by atoms with Crippen LogP contribution in [0.5, 0.6) is 5.75 Å². The molecule has 1 heterocycles. The fraction of sp³-hybridized carbons (Fsp3) is 0.0769. The third-order valence-electron chi connectivity index (χ3n) is 2.62. The fourth-order valence-corrected chi connectivity index (χ4v) is 2.48. The van der Waals surface area contributed by atoms with Gasteiger partial charge in [-0.25, -0.2) is 0 Å². The van der Waals surface area contributed by atoms with Gasteiger partial charge in [0, 0.05) is 10.0 Å². The summed E-state index contributed by atoms with van der Waals surface area (Å²) in [5, 5.41) is 2.46. The number of hydrogen-bond donors (Lipinski definition) is 0. The van der Waals surface area contributed by atoms with Crippen LogP contribution in [0, 0.1) is 0 Å². The molecule has 0 saturated heterocycles. The van der Waals surface area contributed by atoms with Crippen LogP contribution in [-0.2, 0) is 0 Å². The molecule has 1 aliphatic rings. The molecule has 0 N–H and O–H groups in total. The van der Waals surface area contributed by atoms with Gasteiger partial charge in [-0.15, -0.1) is 0 Å². The third-order valence-corrected chi connectivity index (χ3v) is 3.27. The van der Waals surface area contributed by atoms with Crippen LogP contribution >= 0.6 is 15.9 Å². The SMILES string of the molecule is Brc1cc2c(c3ccccc13)C=CCO2. The second kappa shape index (κ2) is 3.38. The number of ether oxygens (including phenoxy) is 1. The minimum atomic E-state index is 0.664. The predicted octanol–water partition coefficient (Wildman–Crippen LogP) is 4.01. The molecular formula is C13H9BrO. The minimum absolute atomic E-state index is 0.664. The maximum atomic E-state index is 5.60. The van der Waals surface area contributed by atoms with Crippen molar-refractivity contribution in [2.75, 3.05) is 6.61 Å². The Morgan fingerprint density at radius 1 is 1.13 bits per heavy atom. The van der Waals surface area contributed by atoms with Crippen LogP contribution in [0.2, 0.25) is 0 Å². The number of hydrogen-bond acceptors (Lipinski definition) is 1. The number of rotatable bonds is 0. The molecule has 0 saturated carbocycles. The molecule has 2 heteroatoms. The first kappa shape index (κ1) is 8.98. The van der Waals surface area contributed by atoms with E-state index in [0.717, 1.165) is 10.2 Å². The van der Waals surface area contributed by atoms with Crippen LogP contribution in [0.15, 0.2) is 40.9 Å². The zero-order valence-electron chi connectivity index (χ0n) is 8.03. The highest BCUT2D eigenvalue weighted by Gasteiger charge is 2.11. The van der Waals surface area contributed by atoms with Crippen LogP contribution in [-0.4, -0.2) is 6.61 Å². The highest BCUT2D eigenvalue weighted by atomic mass is 79.9. The highest BCUT2D eigenvalue weighted by molar-refractivity contribution is 9.10. The fourth-order valence-electron chi connectivity index (χ4n) is 1.92. The maximum Gasteiger partial charge on any atom is 0.128 e. The van der Waals surface area contributed by atoms with Crippen molar-refractivity contribution in [2.24, 2.45) is 0 Å². The van der Waals surface area contributed by atoms with Gasteiger partial charge in [0.05, 0.1) is 0 Å². The zero-order chi connectivity index (χ0) is 10.3. The van der Waals surface area contributed by atoms with Crippen LogP contribution < -0.4 is 4.74 Å². The summed E-state index contributed by atoms with van der Waals surface area (Å²) in [4.78, 5) is 0. The topological polar surface area (TPSA) is 9.23 Å². The van der Waals surface area contributed by atoms with Crippen molar-refractivity contribution in [3.05, 3.63) is 46.4 Å². The summed E-state index contributed by atoms with van der Waals surface area (Å²) < 4.78 is 6.69. The number of halogens is 1. The Bertz CT molecular complexity index is 558. The van der Waals surface area contributed by atoms with E-state index in [2.05, 4.69) is 40.2 Å². The largest absolute Gasteiger partial charge is 0.489 e. The van der Waals surface area contributed by atoms with E-state index in [1.54, 1.807) is 0 Å². The lowest BCUT2D eigenvalue weighted by Gasteiger charge is -2.15. The Kier molecular flexibility index (Phi) is 2.03. The molecular weight excluding hydrogens is 252 g/mol. The van der Waals surface area contributed by atoms with E-state index < -0.39 is 0 Å². The monoisotopic (exact) mass is 260 g/mol. The quantitative estimate of drug-likeness (QED) is 0.696. The van der Waals surface area contributed by atoms with Gasteiger partial charge >= 0.3 is 0 Å². The molecule has 1 nitrogen and oxygen atoms in total. The Labute approximate surface area is 96.5 Å². The number of fused-ring (bicyclic) bond motifs is 3. The molecule has 1 aliphatic heterocycles. The second-order valence-corrected chi connectivity index (χ2v) is 4.38. The van der Waals surface area contributed by atoms with Crippen molar-refractivity contribution >= 4 is 32.8 Å². The van der Waals surface area contributed by atoms with E-state index in [9.17, 15) is 0 Å². The molecule has 74 valence electrons. The van der Waals surface area contributed by atoms with Gasteiger partial charge in [-0.1, -0.05) is 46.3 Å². The summed E-state index contributed by atoms with van der Waals surface area (Å²) >= 11 is 3.57. The summed E-state index contributed by atoms with van der Waals surface area (Å²) in [7, 11) is 0. The standard InChI is InChI=1S/C13H9BrO/c14-12-8-13-11(6-3-7-15-13)9-4-1-2-5-10(9)12/h1-6,8H,7H2. The Morgan fingerprint density at radius 2 is 1.93 bits per heavy atom. The average molecular weight is 261 g/mol. The van der Waals surface area contributed by atoms with E-state index in [1.807, 2.05) is 18.2 Å². The van der Waals surface area contributed by atoms with Gasteiger partial charge in [-0.2, -0.15) is 0 Å². The minimum Gasteiger partial charge on any atom is -0.489 e. The molecule has 15 heavy (non-hydrogen) atoms. The van der Waals surface area contributed by atoms with E-state index in [4.69, 9.17) is 4.74 Å². The Balaban J connectivity index is 2.46. The smallest absolute Gasteiger partial charge is 0.128 e. The van der Waals surface area contributed by atoms with Crippen molar-refractivity contribution in [3.8, 4) is 5.75 Å². The molecule has 0 bridgehead atoms. The van der Waals surface area contributed by atoms with Crippen LogP contribution in [0.25, 0.3) is 16.8 Å². The molecule has 0 fully saturated rings. The van der Waals surface area contributed by atoms with Crippen molar-refractivity contribution < 1.29 is 4.74 Å². The third kappa shape index (κ3) is 1.37. The lowest BCUT2D eigenvalue weighted by molar-refractivity contribution is 0.359. The summed E-state index contributed by atoms with van der Waals surface area (Å²) in [5.41, 5.74) is 1.18.